The van der Waals surface area contributed by atoms with Crippen LogP contribution in [0.5, 0.6) is 0 Å². The van der Waals surface area contributed by atoms with Gasteiger partial charge in [0.25, 0.3) is 0 Å². The third-order valence-electron chi connectivity index (χ3n) is 2.59. The summed E-state index contributed by atoms with van der Waals surface area (Å²) in [6, 6.07) is 9.71. The third kappa shape index (κ3) is 2.04. The zero-order valence-corrected chi connectivity index (χ0v) is 8.90. The van der Waals surface area contributed by atoms with Crippen LogP contribution in [0.25, 0.3) is 0 Å². The summed E-state index contributed by atoms with van der Waals surface area (Å²) in [5.74, 6) is 0. The van der Waals surface area contributed by atoms with Crippen molar-refractivity contribution in [2.24, 2.45) is 5.10 Å². The summed E-state index contributed by atoms with van der Waals surface area (Å²) < 4.78 is 0.211. The van der Waals surface area contributed by atoms with E-state index in [0.717, 1.165) is 5.69 Å². The molecule has 2 atom stereocenters. The van der Waals surface area contributed by atoms with Crippen molar-refractivity contribution in [1.82, 2.24) is 4.59 Å². The van der Waals surface area contributed by atoms with Gasteiger partial charge in [0.1, 0.15) is 18.8 Å². The van der Waals surface area contributed by atoms with Gasteiger partial charge in [-0.05, 0) is 0 Å². The molecule has 4 heteroatoms. The number of hydrogen-bond acceptors (Lipinski definition) is 3. The smallest absolute Gasteiger partial charge is 0.164 e. The highest BCUT2D eigenvalue weighted by Gasteiger charge is 2.32. The van der Waals surface area contributed by atoms with Crippen LogP contribution >= 0.6 is 0 Å². The Bertz CT molecular complexity index is 389. The van der Waals surface area contributed by atoms with E-state index >= 15 is 0 Å². The molecule has 0 radical (unpaired) electrons. The summed E-state index contributed by atoms with van der Waals surface area (Å²) in [6.45, 7) is 0.0870. The first-order valence-corrected chi connectivity index (χ1v) is 5.22. The lowest BCUT2D eigenvalue weighted by molar-refractivity contribution is 0.0741. The van der Waals surface area contributed by atoms with Crippen molar-refractivity contribution in [2.75, 3.05) is 13.2 Å². The summed E-state index contributed by atoms with van der Waals surface area (Å²) in [4.78, 5) is 0. The Morgan fingerprint density at radius 2 is 2.00 bits per heavy atom. The van der Waals surface area contributed by atoms with Crippen LogP contribution in [0.3, 0.4) is 0 Å². The number of aliphatic hydroxyl groups excluding tert-OH is 2. The summed E-state index contributed by atoms with van der Waals surface area (Å²) in [7, 11) is 0. The first kappa shape index (κ1) is 11.0. The second-order valence-electron chi connectivity index (χ2n) is 3.79. The maximum atomic E-state index is 9.57. The minimum Gasteiger partial charge on any atom is -0.393 e. The van der Waals surface area contributed by atoms with Crippen LogP contribution in [0, 0.1) is 0 Å². The van der Waals surface area contributed by atoms with Gasteiger partial charge in [0.15, 0.2) is 5.69 Å². The van der Waals surface area contributed by atoms with E-state index in [2.05, 4.69) is 5.10 Å². The van der Waals surface area contributed by atoms with E-state index in [0.29, 0.717) is 6.54 Å². The molecule has 0 bridgehead atoms. The highest BCUT2D eigenvalue weighted by atomic mass is 16.3. The SMILES string of the molecule is OC[C@@H](O)C[N+]1(c2ccccc2)C=CC=N1. The molecule has 84 valence electrons. The lowest BCUT2D eigenvalue weighted by atomic mass is 10.2. The maximum Gasteiger partial charge on any atom is 0.164 e. The van der Waals surface area contributed by atoms with Crippen LogP contribution in [-0.4, -0.2) is 35.7 Å². The molecular weight excluding hydrogens is 204 g/mol. The van der Waals surface area contributed by atoms with Gasteiger partial charge in [-0.25, -0.2) is 0 Å². The Labute approximate surface area is 94.3 Å². The Kier molecular flexibility index (Phi) is 3.14. The molecule has 1 heterocycles. The van der Waals surface area contributed by atoms with Crippen LogP contribution < -0.4 is 4.59 Å². The normalized spacial score (nSPS) is 24.9. The molecule has 1 aliphatic heterocycles. The molecular formula is C12H15N2O2+. The van der Waals surface area contributed by atoms with Crippen LogP contribution in [-0.2, 0) is 0 Å². The van der Waals surface area contributed by atoms with Crippen LogP contribution in [0.1, 0.15) is 0 Å². The standard InChI is InChI=1S/C12H15N2O2/c15-10-12(16)9-14(8-4-7-13-14)11-5-2-1-3-6-11/h1-8,12,15-16H,9-10H2/q+1/t12-,14?/m0/s1. The molecule has 1 aromatic rings. The van der Waals surface area contributed by atoms with Crippen LogP contribution in [0.4, 0.5) is 5.69 Å². The zero-order valence-electron chi connectivity index (χ0n) is 8.90. The Hall–Kier alpha value is -1.49. The van der Waals surface area contributed by atoms with E-state index in [9.17, 15) is 5.11 Å². The average Bonchev–Trinajstić information content (AvgIpc) is 2.80. The largest absolute Gasteiger partial charge is 0.393 e. The average molecular weight is 219 g/mol. The van der Waals surface area contributed by atoms with Crippen LogP contribution in [0.15, 0.2) is 47.7 Å². The molecule has 0 aromatic heterocycles. The van der Waals surface area contributed by atoms with Crippen molar-refractivity contribution in [3.63, 3.8) is 0 Å². The van der Waals surface area contributed by atoms with Gasteiger partial charge < -0.3 is 10.2 Å². The van der Waals surface area contributed by atoms with E-state index in [-0.39, 0.29) is 11.2 Å². The second kappa shape index (κ2) is 4.57. The number of quaternary nitrogens is 1. The number of hydrogen-bond donors (Lipinski definition) is 2. The predicted octanol–water partition coefficient (Wildman–Crippen LogP) is 0.860. The van der Waals surface area contributed by atoms with Gasteiger partial charge >= 0.3 is 0 Å². The quantitative estimate of drug-likeness (QED) is 0.738. The van der Waals surface area contributed by atoms with E-state index in [1.165, 1.54) is 0 Å². The Balaban J connectivity index is 2.30. The van der Waals surface area contributed by atoms with Gasteiger partial charge in [-0.15, -0.1) is 4.59 Å². The number of rotatable bonds is 4. The molecule has 0 saturated carbocycles. The number of benzene rings is 1. The first-order valence-electron chi connectivity index (χ1n) is 5.22. The molecule has 4 nitrogen and oxygen atoms in total. The minimum atomic E-state index is -0.778. The van der Waals surface area contributed by atoms with Gasteiger partial charge in [-0.1, -0.05) is 23.3 Å². The molecule has 0 saturated heterocycles. The summed E-state index contributed by atoms with van der Waals surface area (Å²) in [6.07, 6.45) is 4.67. The van der Waals surface area contributed by atoms with Gasteiger partial charge in [-0.2, -0.15) is 0 Å². The number of nitrogens with zero attached hydrogens (tertiary/aromatic N) is 2. The van der Waals surface area contributed by atoms with E-state index in [4.69, 9.17) is 5.11 Å². The Morgan fingerprint density at radius 1 is 1.25 bits per heavy atom. The van der Waals surface area contributed by atoms with Crippen molar-refractivity contribution in [3.8, 4) is 0 Å². The molecule has 16 heavy (non-hydrogen) atoms. The lowest BCUT2D eigenvalue weighted by Gasteiger charge is -2.27. The monoisotopic (exact) mass is 219 g/mol. The maximum absolute atomic E-state index is 9.57. The predicted molar refractivity (Wildman–Crippen MR) is 63.8 cm³/mol. The van der Waals surface area contributed by atoms with Crippen molar-refractivity contribution in [3.05, 3.63) is 42.6 Å². The number of aliphatic hydroxyl groups is 2. The molecule has 1 aliphatic rings. The molecule has 0 amide bonds. The fourth-order valence-corrected chi connectivity index (χ4v) is 1.81. The molecule has 0 aliphatic carbocycles. The number of allylic oxidation sites excluding steroid dienone is 1. The van der Waals surface area contributed by atoms with Crippen molar-refractivity contribution in [1.29, 1.82) is 0 Å². The molecule has 1 aromatic carbocycles. The molecule has 0 fully saturated rings. The highest BCUT2D eigenvalue weighted by Crippen LogP contribution is 2.26. The van der Waals surface area contributed by atoms with Crippen LogP contribution in [0.2, 0.25) is 0 Å². The van der Waals surface area contributed by atoms with E-state index in [1.807, 2.05) is 42.6 Å². The minimum absolute atomic E-state index is 0.211. The second-order valence-corrected chi connectivity index (χ2v) is 3.79. The molecule has 2 rings (SSSR count). The summed E-state index contributed by atoms with van der Waals surface area (Å²) in [5.41, 5.74) is 0.972. The summed E-state index contributed by atoms with van der Waals surface area (Å²) in [5, 5.41) is 22.8. The lowest BCUT2D eigenvalue weighted by Crippen LogP contribution is -2.44. The fourth-order valence-electron chi connectivity index (χ4n) is 1.81. The van der Waals surface area contributed by atoms with E-state index in [1.54, 1.807) is 6.21 Å². The number of para-hydroxylation sites is 1. The van der Waals surface area contributed by atoms with Gasteiger partial charge in [0.2, 0.25) is 0 Å². The van der Waals surface area contributed by atoms with Gasteiger partial charge in [-0.3, -0.25) is 0 Å². The topological polar surface area (TPSA) is 52.8 Å². The molecule has 2 N–H and O–H groups in total. The van der Waals surface area contributed by atoms with Crippen molar-refractivity contribution >= 4 is 11.9 Å². The third-order valence-corrected chi connectivity index (χ3v) is 2.59. The Morgan fingerprint density at radius 3 is 2.56 bits per heavy atom. The highest BCUT2D eigenvalue weighted by molar-refractivity contribution is 5.75. The first-order chi connectivity index (χ1) is 7.77. The van der Waals surface area contributed by atoms with Gasteiger partial charge in [0.05, 0.1) is 12.8 Å². The van der Waals surface area contributed by atoms with Crippen molar-refractivity contribution in [2.45, 2.75) is 6.10 Å². The summed E-state index contributed by atoms with van der Waals surface area (Å²) >= 11 is 0. The van der Waals surface area contributed by atoms with E-state index < -0.39 is 6.10 Å². The zero-order chi connectivity index (χ0) is 11.4. The molecule has 1 unspecified atom stereocenters. The van der Waals surface area contributed by atoms with Crippen molar-refractivity contribution < 1.29 is 10.2 Å². The van der Waals surface area contributed by atoms with Gasteiger partial charge in [0, 0.05) is 18.2 Å². The molecule has 0 spiro atoms. The fraction of sp³-hybridized carbons (Fsp3) is 0.250.